The van der Waals surface area contributed by atoms with Crippen molar-refractivity contribution in [3.8, 4) is 5.75 Å². The van der Waals surface area contributed by atoms with Gasteiger partial charge in [-0.25, -0.2) is 0 Å². The lowest BCUT2D eigenvalue weighted by molar-refractivity contribution is -0.122. The topological polar surface area (TPSA) is 67.4 Å². The number of carbonyl (C=O) groups excluding carboxylic acids is 2. The molecule has 0 radical (unpaired) electrons. The summed E-state index contributed by atoms with van der Waals surface area (Å²) < 4.78 is 5.91. The third kappa shape index (κ3) is 5.76. The fourth-order valence-electron chi connectivity index (χ4n) is 3.67. The zero-order valence-electron chi connectivity index (χ0n) is 17.5. The van der Waals surface area contributed by atoms with Crippen molar-refractivity contribution in [2.75, 3.05) is 5.32 Å². The molecule has 0 bridgehead atoms. The quantitative estimate of drug-likeness (QED) is 0.611. The summed E-state index contributed by atoms with van der Waals surface area (Å²) in [6.07, 6.45) is 5.35. The van der Waals surface area contributed by atoms with E-state index in [1.807, 2.05) is 38.1 Å². The van der Waals surface area contributed by atoms with Gasteiger partial charge in [0.05, 0.1) is 10.6 Å². The largest absolute Gasteiger partial charge is 0.480 e. The van der Waals surface area contributed by atoms with Gasteiger partial charge in [0.2, 0.25) is 0 Å². The number of anilines is 1. The second-order valence-corrected chi connectivity index (χ2v) is 8.18. The van der Waals surface area contributed by atoms with E-state index >= 15 is 0 Å². The molecule has 2 amide bonds. The number of carbonyl (C=O) groups is 2. The maximum absolute atomic E-state index is 12.8. The van der Waals surface area contributed by atoms with Gasteiger partial charge in [-0.1, -0.05) is 56.0 Å². The van der Waals surface area contributed by atoms with Gasteiger partial charge in [-0.05, 0) is 56.0 Å². The number of amides is 2. The van der Waals surface area contributed by atoms with Gasteiger partial charge in [0.1, 0.15) is 5.75 Å². The van der Waals surface area contributed by atoms with Gasteiger partial charge in [-0.2, -0.15) is 0 Å². The van der Waals surface area contributed by atoms with Gasteiger partial charge in [0.15, 0.2) is 6.10 Å². The minimum absolute atomic E-state index is 0.188. The lowest BCUT2D eigenvalue weighted by Gasteiger charge is -2.23. The highest BCUT2D eigenvalue weighted by molar-refractivity contribution is 6.34. The van der Waals surface area contributed by atoms with E-state index in [1.165, 1.54) is 6.42 Å². The second kappa shape index (κ2) is 10.5. The van der Waals surface area contributed by atoms with Crippen LogP contribution < -0.4 is 15.4 Å². The monoisotopic (exact) mass is 428 g/mol. The van der Waals surface area contributed by atoms with Crippen LogP contribution in [0.4, 0.5) is 5.69 Å². The summed E-state index contributed by atoms with van der Waals surface area (Å²) in [7, 11) is 0. The Kier molecular flexibility index (Phi) is 7.75. The average Bonchev–Trinajstić information content (AvgIpc) is 2.75. The number of nitrogens with one attached hydrogen (secondary N) is 2. The number of hydrogen-bond donors (Lipinski definition) is 2. The summed E-state index contributed by atoms with van der Waals surface area (Å²) >= 11 is 6.26. The highest BCUT2D eigenvalue weighted by atomic mass is 35.5. The molecule has 0 spiro atoms. The van der Waals surface area contributed by atoms with Crippen LogP contribution in [0.1, 0.15) is 61.4 Å². The van der Waals surface area contributed by atoms with E-state index in [4.69, 9.17) is 16.3 Å². The van der Waals surface area contributed by atoms with E-state index in [0.29, 0.717) is 28.4 Å². The van der Waals surface area contributed by atoms with Gasteiger partial charge in [-0.3, -0.25) is 9.59 Å². The smallest absolute Gasteiger partial charge is 0.265 e. The number of halogens is 1. The first-order valence-corrected chi connectivity index (χ1v) is 11.0. The van der Waals surface area contributed by atoms with Crippen LogP contribution in [-0.2, 0) is 4.79 Å². The molecular formula is C24H29ClN2O3. The second-order valence-electron chi connectivity index (χ2n) is 7.77. The number of hydrogen-bond acceptors (Lipinski definition) is 3. The first kappa shape index (κ1) is 22.2. The summed E-state index contributed by atoms with van der Waals surface area (Å²) in [5.41, 5.74) is 1.86. The molecular weight excluding hydrogens is 400 g/mol. The molecule has 1 atom stereocenters. The van der Waals surface area contributed by atoms with Gasteiger partial charge >= 0.3 is 0 Å². The van der Waals surface area contributed by atoms with Crippen LogP contribution in [0, 0.1) is 6.92 Å². The molecule has 3 rings (SSSR count). The molecule has 1 fully saturated rings. The third-order valence-corrected chi connectivity index (χ3v) is 5.77. The lowest BCUT2D eigenvalue weighted by atomic mass is 9.95. The lowest BCUT2D eigenvalue weighted by Crippen LogP contribution is -2.36. The Morgan fingerprint density at radius 3 is 2.57 bits per heavy atom. The maximum atomic E-state index is 12.8. The summed E-state index contributed by atoms with van der Waals surface area (Å²) in [4.78, 5) is 25.5. The van der Waals surface area contributed by atoms with Crippen molar-refractivity contribution < 1.29 is 14.3 Å². The molecule has 1 saturated carbocycles. The Bertz CT molecular complexity index is 894. The number of benzene rings is 2. The van der Waals surface area contributed by atoms with Crippen LogP contribution in [0.5, 0.6) is 5.75 Å². The molecule has 1 aliphatic carbocycles. The summed E-state index contributed by atoms with van der Waals surface area (Å²) in [5.74, 6) is 0.219. The number of aryl methyl sites for hydroxylation is 1. The van der Waals surface area contributed by atoms with E-state index < -0.39 is 6.10 Å². The summed E-state index contributed by atoms with van der Waals surface area (Å²) in [6.45, 7) is 3.84. The van der Waals surface area contributed by atoms with Crippen LogP contribution in [0.15, 0.2) is 42.5 Å². The zero-order chi connectivity index (χ0) is 21.5. The fraction of sp³-hybridized carbons (Fsp3) is 0.417. The van der Waals surface area contributed by atoms with E-state index in [1.54, 1.807) is 18.2 Å². The molecule has 0 aromatic heterocycles. The highest BCUT2D eigenvalue weighted by Crippen LogP contribution is 2.24. The van der Waals surface area contributed by atoms with E-state index in [2.05, 4.69) is 10.6 Å². The van der Waals surface area contributed by atoms with Crippen molar-refractivity contribution in [1.82, 2.24) is 5.32 Å². The standard InChI is InChI=1S/C24H29ClN2O3/c1-3-21(30-22-12-8-7-9-16(22)2)24(29)27-18-13-14-20(25)19(15-18)23(28)26-17-10-5-4-6-11-17/h7-9,12-15,17,21H,3-6,10-11H2,1-2H3,(H,26,28)(H,27,29). The Balaban J connectivity index is 1.68. The van der Waals surface area contributed by atoms with Crippen LogP contribution in [0.2, 0.25) is 5.02 Å². The molecule has 5 nitrogen and oxygen atoms in total. The molecule has 1 aliphatic rings. The highest BCUT2D eigenvalue weighted by Gasteiger charge is 2.22. The van der Waals surface area contributed by atoms with Crippen LogP contribution >= 0.6 is 11.6 Å². The summed E-state index contributed by atoms with van der Waals surface area (Å²) in [5, 5.41) is 6.29. The summed E-state index contributed by atoms with van der Waals surface area (Å²) in [6, 6.07) is 12.7. The normalized spacial score (nSPS) is 15.3. The molecule has 6 heteroatoms. The third-order valence-electron chi connectivity index (χ3n) is 5.44. The predicted molar refractivity (Wildman–Crippen MR) is 120 cm³/mol. The molecule has 1 unspecified atom stereocenters. The van der Waals surface area contributed by atoms with Crippen LogP contribution in [-0.4, -0.2) is 24.0 Å². The molecule has 2 aromatic rings. The SMILES string of the molecule is CCC(Oc1ccccc1C)C(=O)Nc1ccc(Cl)c(C(=O)NC2CCCCC2)c1. The molecule has 2 aromatic carbocycles. The molecule has 0 aliphatic heterocycles. The van der Waals surface area contributed by atoms with Crippen molar-refractivity contribution in [3.05, 3.63) is 58.6 Å². The molecule has 30 heavy (non-hydrogen) atoms. The predicted octanol–water partition coefficient (Wildman–Crippen LogP) is 5.51. The first-order chi connectivity index (χ1) is 14.5. The Labute approximate surface area is 183 Å². The van der Waals surface area contributed by atoms with Gasteiger partial charge < -0.3 is 15.4 Å². The molecule has 0 heterocycles. The Hall–Kier alpha value is -2.53. The van der Waals surface area contributed by atoms with Crippen molar-refractivity contribution in [2.24, 2.45) is 0 Å². The fourth-order valence-corrected chi connectivity index (χ4v) is 3.88. The number of rotatable bonds is 7. The van der Waals surface area contributed by atoms with E-state index in [9.17, 15) is 9.59 Å². The van der Waals surface area contributed by atoms with E-state index in [-0.39, 0.29) is 17.9 Å². The molecule has 0 saturated heterocycles. The maximum Gasteiger partial charge on any atom is 0.265 e. The minimum atomic E-state index is -0.638. The molecule has 2 N–H and O–H groups in total. The average molecular weight is 429 g/mol. The van der Waals surface area contributed by atoms with Crippen molar-refractivity contribution in [3.63, 3.8) is 0 Å². The minimum Gasteiger partial charge on any atom is -0.480 e. The van der Waals surface area contributed by atoms with Gasteiger partial charge in [0, 0.05) is 11.7 Å². The van der Waals surface area contributed by atoms with Gasteiger partial charge in [0.25, 0.3) is 11.8 Å². The van der Waals surface area contributed by atoms with Gasteiger partial charge in [-0.15, -0.1) is 0 Å². The number of para-hydroxylation sites is 1. The first-order valence-electron chi connectivity index (χ1n) is 10.6. The Morgan fingerprint density at radius 1 is 1.13 bits per heavy atom. The van der Waals surface area contributed by atoms with Crippen LogP contribution in [0.25, 0.3) is 0 Å². The van der Waals surface area contributed by atoms with E-state index in [0.717, 1.165) is 31.2 Å². The zero-order valence-corrected chi connectivity index (χ0v) is 18.3. The Morgan fingerprint density at radius 2 is 1.87 bits per heavy atom. The van der Waals surface area contributed by atoms with Crippen LogP contribution in [0.3, 0.4) is 0 Å². The van der Waals surface area contributed by atoms with Crippen molar-refractivity contribution in [1.29, 1.82) is 0 Å². The van der Waals surface area contributed by atoms with Crippen molar-refractivity contribution >= 4 is 29.1 Å². The number of ether oxygens (including phenoxy) is 1. The molecule has 160 valence electrons. The van der Waals surface area contributed by atoms with Crippen molar-refractivity contribution in [2.45, 2.75) is 64.5 Å².